The Labute approximate surface area is 207 Å². The Morgan fingerprint density at radius 3 is 2.61 bits per heavy atom. The van der Waals surface area contributed by atoms with Crippen LogP contribution in [0, 0.1) is 0 Å². The van der Waals surface area contributed by atoms with Gasteiger partial charge in [-0.25, -0.2) is 15.0 Å². The highest BCUT2D eigenvalue weighted by Crippen LogP contribution is 2.34. The van der Waals surface area contributed by atoms with Gasteiger partial charge in [-0.15, -0.1) is 0 Å². The minimum atomic E-state index is -0.402. The van der Waals surface area contributed by atoms with Crippen LogP contribution >= 0.6 is 0 Å². The van der Waals surface area contributed by atoms with Crippen molar-refractivity contribution in [3.63, 3.8) is 0 Å². The number of aromatic nitrogens is 7. The number of aromatic amines is 1. The van der Waals surface area contributed by atoms with E-state index in [0.717, 1.165) is 52.0 Å². The maximum absolute atomic E-state index is 13.0. The van der Waals surface area contributed by atoms with Crippen molar-refractivity contribution in [1.82, 2.24) is 39.8 Å². The van der Waals surface area contributed by atoms with E-state index < -0.39 is 5.91 Å². The predicted octanol–water partition coefficient (Wildman–Crippen LogP) is 2.79. The van der Waals surface area contributed by atoms with Gasteiger partial charge in [0.05, 0.1) is 36.7 Å². The second-order valence-corrected chi connectivity index (χ2v) is 9.03. The van der Waals surface area contributed by atoms with E-state index in [0.29, 0.717) is 34.7 Å². The van der Waals surface area contributed by atoms with Gasteiger partial charge in [-0.1, -0.05) is 0 Å². The van der Waals surface area contributed by atoms with Crippen LogP contribution in [-0.4, -0.2) is 78.1 Å². The van der Waals surface area contributed by atoms with Crippen LogP contribution in [0.1, 0.15) is 42.2 Å². The van der Waals surface area contributed by atoms with Crippen molar-refractivity contribution in [2.75, 3.05) is 31.6 Å². The molecule has 0 atom stereocenters. The number of nitrogens with one attached hydrogen (secondary N) is 2. The second-order valence-electron chi connectivity index (χ2n) is 9.03. The maximum atomic E-state index is 13.0. The summed E-state index contributed by atoms with van der Waals surface area (Å²) in [5.41, 5.74) is 1.88. The molecule has 5 heterocycles. The first-order valence-electron chi connectivity index (χ1n) is 12.2. The normalized spacial score (nSPS) is 20.9. The van der Waals surface area contributed by atoms with E-state index in [1.54, 1.807) is 30.9 Å². The third-order valence-corrected chi connectivity index (χ3v) is 6.84. The fraction of sp³-hybridized carbons (Fsp3) is 0.417. The number of hydrogen-bond acceptors (Lipinski definition) is 9. The average molecular weight is 490 g/mol. The number of nitrogens with zero attached hydrogens (tertiary/aromatic N) is 7. The number of morpholine rings is 1. The van der Waals surface area contributed by atoms with Crippen LogP contribution in [0.5, 0.6) is 0 Å². The highest BCUT2D eigenvalue weighted by Gasteiger charge is 2.29. The zero-order valence-corrected chi connectivity index (χ0v) is 19.7. The maximum Gasteiger partial charge on any atom is 0.277 e. The number of anilines is 1. The van der Waals surface area contributed by atoms with Gasteiger partial charge in [0.2, 0.25) is 5.89 Å². The van der Waals surface area contributed by atoms with E-state index in [2.05, 4.69) is 35.4 Å². The summed E-state index contributed by atoms with van der Waals surface area (Å²) in [6.07, 6.45) is 14.0. The van der Waals surface area contributed by atoms with Gasteiger partial charge in [-0.05, 0) is 31.7 Å². The van der Waals surface area contributed by atoms with Gasteiger partial charge in [-0.2, -0.15) is 10.2 Å². The molecule has 4 aromatic heterocycles. The third-order valence-electron chi connectivity index (χ3n) is 6.84. The summed E-state index contributed by atoms with van der Waals surface area (Å²) >= 11 is 0. The quantitative estimate of drug-likeness (QED) is 0.418. The van der Waals surface area contributed by atoms with Crippen molar-refractivity contribution in [2.45, 2.75) is 37.8 Å². The molecule has 0 aromatic carbocycles. The van der Waals surface area contributed by atoms with E-state index in [9.17, 15) is 4.79 Å². The van der Waals surface area contributed by atoms with E-state index >= 15 is 0 Å². The lowest BCUT2D eigenvalue weighted by Crippen LogP contribution is -2.45. The first kappa shape index (κ1) is 22.6. The SMILES string of the molecule is O=C(Nc1cn(C2CCC(N3CCOCC3)CC2)nc1-c1ncccn1)c1coc(-c2cn[nH]c2)n1. The molecule has 2 aliphatic rings. The van der Waals surface area contributed by atoms with E-state index in [1.165, 1.54) is 6.26 Å². The molecule has 6 rings (SSSR count). The highest BCUT2D eigenvalue weighted by atomic mass is 16.5. The van der Waals surface area contributed by atoms with Gasteiger partial charge in [0.25, 0.3) is 5.91 Å². The van der Waals surface area contributed by atoms with Gasteiger partial charge in [0, 0.05) is 43.9 Å². The van der Waals surface area contributed by atoms with E-state index in [4.69, 9.17) is 14.3 Å². The van der Waals surface area contributed by atoms with E-state index in [1.807, 2.05) is 10.9 Å². The molecule has 0 radical (unpaired) electrons. The number of carbonyl (C=O) groups is 1. The first-order valence-corrected chi connectivity index (χ1v) is 12.2. The summed E-state index contributed by atoms with van der Waals surface area (Å²) in [4.78, 5) is 28.6. The van der Waals surface area contributed by atoms with Crippen molar-refractivity contribution in [3.8, 4) is 23.0 Å². The molecular weight excluding hydrogens is 462 g/mol. The standard InChI is InChI=1S/C24H27N9O3/c34-23(20-15-36-24(30-20)16-12-27-28-13-16)29-19-14-33(31-21(19)22-25-6-1-7-26-22)18-4-2-17(3-5-18)32-8-10-35-11-9-32/h1,6-7,12-15,17-18H,2-5,8-11H2,(H,27,28)(H,29,34). The van der Waals surface area contributed by atoms with Crippen molar-refractivity contribution in [2.24, 2.45) is 0 Å². The Bertz CT molecular complexity index is 1290. The lowest BCUT2D eigenvalue weighted by atomic mass is 9.90. The molecule has 12 nitrogen and oxygen atoms in total. The number of oxazole rings is 1. The van der Waals surface area contributed by atoms with Gasteiger partial charge in [-0.3, -0.25) is 19.5 Å². The minimum absolute atomic E-state index is 0.157. The summed E-state index contributed by atoms with van der Waals surface area (Å²) in [6, 6.07) is 2.59. The van der Waals surface area contributed by atoms with Crippen molar-refractivity contribution < 1.29 is 13.9 Å². The topological polar surface area (TPSA) is 140 Å². The summed E-state index contributed by atoms with van der Waals surface area (Å²) in [5, 5.41) is 14.3. The fourth-order valence-electron chi connectivity index (χ4n) is 4.95. The summed E-state index contributed by atoms with van der Waals surface area (Å²) in [5.74, 6) is 0.363. The van der Waals surface area contributed by atoms with Gasteiger partial charge >= 0.3 is 0 Å². The molecule has 1 aliphatic heterocycles. The van der Waals surface area contributed by atoms with Gasteiger partial charge in [0.1, 0.15) is 6.26 Å². The van der Waals surface area contributed by atoms with Crippen LogP contribution in [0.2, 0.25) is 0 Å². The monoisotopic (exact) mass is 489 g/mol. The molecule has 0 bridgehead atoms. The van der Waals surface area contributed by atoms with Crippen LogP contribution in [0.25, 0.3) is 23.0 Å². The number of hydrogen-bond donors (Lipinski definition) is 2. The smallest absolute Gasteiger partial charge is 0.277 e. The summed E-state index contributed by atoms with van der Waals surface area (Å²) < 4.78 is 12.9. The predicted molar refractivity (Wildman–Crippen MR) is 129 cm³/mol. The Balaban J connectivity index is 1.21. The Kier molecular flexibility index (Phi) is 6.26. The molecule has 0 unspecified atom stereocenters. The molecule has 36 heavy (non-hydrogen) atoms. The Morgan fingerprint density at radius 1 is 1.08 bits per heavy atom. The molecular formula is C24H27N9O3. The fourth-order valence-corrected chi connectivity index (χ4v) is 4.95. The molecule has 0 spiro atoms. The Morgan fingerprint density at radius 2 is 1.86 bits per heavy atom. The van der Waals surface area contributed by atoms with Crippen molar-refractivity contribution in [3.05, 3.63) is 49.0 Å². The van der Waals surface area contributed by atoms with Gasteiger partial charge in [0.15, 0.2) is 17.2 Å². The summed E-state index contributed by atoms with van der Waals surface area (Å²) in [6.45, 7) is 3.65. The minimum Gasteiger partial charge on any atom is -0.444 e. The van der Waals surface area contributed by atoms with Crippen LogP contribution in [0.15, 0.2) is 47.7 Å². The molecule has 12 heteroatoms. The number of ether oxygens (including phenoxy) is 1. The summed E-state index contributed by atoms with van der Waals surface area (Å²) in [7, 11) is 0. The molecule has 4 aromatic rings. The largest absolute Gasteiger partial charge is 0.444 e. The van der Waals surface area contributed by atoms with Crippen LogP contribution in [0.3, 0.4) is 0 Å². The molecule has 1 aliphatic carbocycles. The number of rotatable bonds is 6. The van der Waals surface area contributed by atoms with E-state index in [-0.39, 0.29) is 11.7 Å². The molecule has 186 valence electrons. The molecule has 2 N–H and O–H groups in total. The lowest BCUT2D eigenvalue weighted by Gasteiger charge is -2.38. The van der Waals surface area contributed by atoms with Crippen LogP contribution in [-0.2, 0) is 4.74 Å². The average Bonchev–Trinajstić information content (AvgIpc) is 3.71. The first-order chi connectivity index (χ1) is 17.7. The highest BCUT2D eigenvalue weighted by molar-refractivity contribution is 6.04. The molecule has 1 saturated carbocycles. The Hall–Kier alpha value is -3.90. The number of amides is 1. The second kappa shape index (κ2) is 9.99. The van der Waals surface area contributed by atoms with Crippen molar-refractivity contribution >= 4 is 11.6 Å². The zero-order chi connectivity index (χ0) is 24.3. The van der Waals surface area contributed by atoms with Crippen LogP contribution in [0.4, 0.5) is 5.69 Å². The van der Waals surface area contributed by atoms with Gasteiger partial charge < -0.3 is 14.5 Å². The zero-order valence-electron chi connectivity index (χ0n) is 19.7. The molecule has 1 saturated heterocycles. The van der Waals surface area contributed by atoms with Crippen molar-refractivity contribution in [1.29, 1.82) is 0 Å². The number of carbonyl (C=O) groups excluding carboxylic acids is 1. The number of H-pyrrole nitrogens is 1. The molecule has 2 fully saturated rings. The molecule has 1 amide bonds. The lowest BCUT2D eigenvalue weighted by molar-refractivity contribution is 0.00507. The van der Waals surface area contributed by atoms with Crippen LogP contribution < -0.4 is 5.32 Å². The third kappa shape index (κ3) is 4.64.